The van der Waals surface area contributed by atoms with E-state index >= 15 is 0 Å². The van der Waals surface area contributed by atoms with Gasteiger partial charge < -0.3 is 10.2 Å². The molecule has 1 aromatic rings. The molecule has 2 heterocycles. The molecule has 3 nitrogen and oxygen atoms in total. The fourth-order valence-electron chi connectivity index (χ4n) is 3.09. The number of rotatable bonds is 2. The average Bonchev–Trinajstić information content (AvgIpc) is 2.78. The van der Waals surface area contributed by atoms with Crippen LogP contribution in [0.1, 0.15) is 29.6 Å². The molecule has 5 heteroatoms. The molecule has 2 atom stereocenters. The van der Waals surface area contributed by atoms with Gasteiger partial charge in [-0.2, -0.15) is 0 Å². The Hall–Kier alpha value is -0.710. The molecule has 3 rings (SSSR count). The molecule has 0 aromatic heterocycles. The van der Waals surface area contributed by atoms with Crippen LogP contribution in [-0.4, -0.2) is 42.2 Å². The van der Waals surface area contributed by atoms with Gasteiger partial charge in [-0.25, -0.2) is 0 Å². The number of benzene rings is 1. The molecule has 0 radical (unpaired) electrons. The molecule has 2 fully saturated rings. The zero-order valence-corrected chi connectivity index (χ0v) is 13.1. The fourth-order valence-corrected chi connectivity index (χ4v) is 3.73. The number of fused-ring (bicyclic) bond motifs is 2. The van der Waals surface area contributed by atoms with Crippen molar-refractivity contribution in [2.75, 3.05) is 19.3 Å². The standard InChI is InChI=1S/C15H19ClN2OS/c1-20-12-4-5-14(16)13(8-12)15(19)18-7-6-10-2-3-11(9-18)17-10/h4-5,8,10-11,17H,2-3,6-7,9H2,1H3. The second kappa shape index (κ2) is 5.96. The lowest BCUT2D eigenvalue weighted by molar-refractivity contribution is 0.0748. The molecule has 2 saturated heterocycles. The first-order valence-electron chi connectivity index (χ1n) is 7.06. The molecule has 2 unspecified atom stereocenters. The Morgan fingerprint density at radius 1 is 1.35 bits per heavy atom. The summed E-state index contributed by atoms with van der Waals surface area (Å²) in [6.45, 7) is 1.63. The molecule has 1 amide bonds. The molecule has 2 bridgehead atoms. The number of likely N-dealkylation sites (tertiary alicyclic amines) is 1. The molecule has 1 aromatic carbocycles. The highest BCUT2D eigenvalue weighted by Gasteiger charge is 2.31. The largest absolute Gasteiger partial charge is 0.337 e. The number of thioether (sulfide) groups is 1. The van der Waals surface area contributed by atoms with Crippen molar-refractivity contribution in [2.24, 2.45) is 0 Å². The molecule has 20 heavy (non-hydrogen) atoms. The van der Waals surface area contributed by atoms with Crippen LogP contribution in [0.15, 0.2) is 23.1 Å². The van der Waals surface area contributed by atoms with Crippen molar-refractivity contribution < 1.29 is 4.79 Å². The van der Waals surface area contributed by atoms with Gasteiger partial charge in [0.05, 0.1) is 10.6 Å². The second-order valence-electron chi connectivity index (χ2n) is 5.52. The summed E-state index contributed by atoms with van der Waals surface area (Å²) < 4.78 is 0. The molecule has 0 spiro atoms. The number of carbonyl (C=O) groups excluding carboxylic acids is 1. The van der Waals surface area contributed by atoms with Crippen molar-refractivity contribution in [3.8, 4) is 0 Å². The van der Waals surface area contributed by atoms with E-state index in [1.165, 1.54) is 12.8 Å². The van der Waals surface area contributed by atoms with Crippen LogP contribution in [0.5, 0.6) is 0 Å². The Balaban J connectivity index is 1.81. The van der Waals surface area contributed by atoms with Gasteiger partial charge >= 0.3 is 0 Å². The van der Waals surface area contributed by atoms with Gasteiger partial charge in [-0.05, 0) is 43.7 Å². The number of nitrogens with one attached hydrogen (secondary N) is 1. The predicted octanol–water partition coefficient (Wildman–Crippen LogP) is 3.03. The van der Waals surface area contributed by atoms with Gasteiger partial charge in [0.15, 0.2) is 0 Å². The Morgan fingerprint density at radius 3 is 2.95 bits per heavy atom. The van der Waals surface area contributed by atoms with E-state index in [-0.39, 0.29) is 5.91 Å². The summed E-state index contributed by atoms with van der Waals surface area (Å²) in [5, 5.41) is 4.15. The Labute approximate surface area is 129 Å². The van der Waals surface area contributed by atoms with Gasteiger partial charge in [0.1, 0.15) is 0 Å². The van der Waals surface area contributed by atoms with E-state index in [2.05, 4.69) is 5.32 Å². The summed E-state index contributed by atoms with van der Waals surface area (Å²) in [4.78, 5) is 15.8. The van der Waals surface area contributed by atoms with Crippen LogP contribution in [-0.2, 0) is 0 Å². The van der Waals surface area contributed by atoms with Crippen LogP contribution in [0.2, 0.25) is 5.02 Å². The van der Waals surface area contributed by atoms with Gasteiger partial charge in [-0.3, -0.25) is 4.79 Å². The number of nitrogens with zero attached hydrogens (tertiary/aromatic N) is 1. The SMILES string of the molecule is CSc1ccc(Cl)c(C(=O)N2CCC3CCC(C2)N3)c1. The minimum atomic E-state index is 0.0697. The van der Waals surface area contributed by atoms with E-state index in [1.807, 2.05) is 29.4 Å². The summed E-state index contributed by atoms with van der Waals surface area (Å²) >= 11 is 7.84. The molecule has 2 aliphatic heterocycles. The first-order valence-corrected chi connectivity index (χ1v) is 8.66. The van der Waals surface area contributed by atoms with Crippen LogP contribution in [0.4, 0.5) is 0 Å². The van der Waals surface area contributed by atoms with Crippen LogP contribution < -0.4 is 5.32 Å². The highest BCUT2D eigenvalue weighted by molar-refractivity contribution is 7.98. The van der Waals surface area contributed by atoms with Crippen molar-refractivity contribution >= 4 is 29.3 Å². The Bertz CT molecular complexity index is 523. The first kappa shape index (κ1) is 14.2. The number of hydrogen-bond acceptors (Lipinski definition) is 3. The predicted molar refractivity (Wildman–Crippen MR) is 83.7 cm³/mol. The van der Waals surface area contributed by atoms with Crippen molar-refractivity contribution in [1.29, 1.82) is 0 Å². The van der Waals surface area contributed by atoms with Crippen molar-refractivity contribution in [3.05, 3.63) is 28.8 Å². The van der Waals surface area contributed by atoms with Crippen LogP contribution >= 0.6 is 23.4 Å². The lowest BCUT2D eigenvalue weighted by Crippen LogP contribution is -2.39. The van der Waals surface area contributed by atoms with E-state index in [9.17, 15) is 4.79 Å². The molecular weight excluding hydrogens is 292 g/mol. The zero-order chi connectivity index (χ0) is 14.1. The third-order valence-corrected chi connectivity index (χ3v) is 5.27. The van der Waals surface area contributed by atoms with Gasteiger partial charge in [0, 0.05) is 30.1 Å². The monoisotopic (exact) mass is 310 g/mol. The summed E-state index contributed by atoms with van der Waals surface area (Å²) in [6, 6.07) is 6.73. The molecule has 1 N–H and O–H groups in total. The summed E-state index contributed by atoms with van der Waals surface area (Å²) in [5.41, 5.74) is 0.635. The number of hydrogen-bond donors (Lipinski definition) is 1. The normalized spacial score (nSPS) is 25.6. The average molecular weight is 311 g/mol. The first-order chi connectivity index (χ1) is 9.67. The lowest BCUT2D eigenvalue weighted by atomic mass is 10.1. The summed E-state index contributed by atoms with van der Waals surface area (Å²) in [7, 11) is 0. The van der Waals surface area contributed by atoms with E-state index in [4.69, 9.17) is 11.6 Å². The number of carbonyl (C=O) groups is 1. The topological polar surface area (TPSA) is 32.3 Å². The van der Waals surface area contributed by atoms with E-state index in [0.29, 0.717) is 22.7 Å². The highest BCUT2D eigenvalue weighted by Crippen LogP contribution is 2.26. The third kappa shape index (κ3) is 2.83. The van der Waals surface area contributed by atoms with E-state index in [0.717, 1.165) is 24.4 Å². The van der Waals surface area contributed by atoms with E-state index < -0.39 is 0 Å². The maximum absolute atomic E-state index is 12.7. The van der Waals surface area contributed by atoms with Crippen molar-refractivity contribution in [2.45, 2.75) is 36.2 Å². The van der Waals surface area contributed by atoms with E-state index in [1.54, 1.807) is 11.8 Å². The Morgan fingerprint density at radius 2 is 2.15 bits per heavy atom. The van der Waals surface area contributed by atoms with Gasteiger partial charge in [-0.1, -0.05) is 11.6 Å². The van der Waals surface area contributed by atoms with Crippen LogP contribution in [0, 0.1) is 0 Å². The van der Waals surface area contributed by atoms with Gasteiger partial charge in [-0.15, -0.1) is 11.8 Å². The van der Waals surface area contributed by atoms with Gasteiger partial charge in [0.2, 0.25) is 0 Å². The third-order valence-electron chi connectivity index (χ3n) is 4.21. The molecular formula is C15H19ClN2OS. The number of amides is 1. The van der Waals surface area contributed by atoms with Crippen LogP contribution in [0.25, 0.3) is 0 Å². The summed E-state index contributed by atoms with van der Waals surface area (Å²) in [5.74, 6) is 0.0697. The maximum atomic E-state index is 12.7. The number of halogens is 1. The zero-order valence-electron chi connectivity index (χ0n) is 11.6. The molecule has 0 saturated carbocycles. The van der Waals surface area contributed by atoms with Crippen molar-refractivity contribution in [3.63, 3.8) is 0 Å². The highest BCUT2D eigenvalue weighted by atomic mass is 35.5. The smallest absolute Gasteiger partial charge is 0.255 e. The van der Waals surface area contributed by atoms with Crippen molar-refractivity contribution in [1.82, 2.24) is 10.2 Å². The Kier molecular flexibility index (Phi) is 4.24. The minimum absolute atomic E-state index is 0.0697. The fraction of sp³-hybridized carbons (Fsp3) is 0.533. The lowest BCUT2D eigenvalue weighted by Gasteiger charge is -2.25. The summed E-state index contributed by atoms with van der Waals surface area (Å²) in [6.07, 6.45) is 5.47. The minimum Gasteiger partial charge on any atom is -0.337 e. The molecule has 108 valence electrons. The second-order valence-corrected chi connectivity index (χ2v) is 6.81. The van der Waals surface area contributed by atoms with Gasteiger partial charge in [0.25, 0.3) is 5.91 Å². The maximum Gasteiger partial charge on any atom is 0.255 e. The molecule has 0 aliphatic carbocycles. The van der Waals surface area contributed by atoms with Crippen LogP contribution in [0.3, 0.4) is 0 Å². The molecule has 2 aliphatic rings. The quantitative estimate of drug-likeness (QED) is 0.852.